The van der Waals surface area contributed by atoms with Crippen LogP contribution in [0.15, 0.2) is 48.5 Å². The molecule has 0 saturated heterocycles. The summed E-state index contributed by atoms with van der Waals surface area (Å²) in [4.78, 5) is 10.1. The number of para-hydroxylation sites is 2. The smallest absolute Gasteiger partial charge is 0.327 e. The summed E-state index contributed by atoms with van der Waals surface area (Å²) in [6.45, 7) is 0.928. The Morgan fingerprint density at radius 1 is 1.14 bits per heavy atom. The molecule has 0 atom stereocenters. The number of ether oxygens (including phenoxy) is 1. The molecule has 5 nitrogen and oxygen atoms in total. The van der Waals surface area contributed by atoms with Crippen molar-refractivity contribution in [3.63, 3.8) is 0 Å². The van der Waals surface area contributed by atoms with Crippen molar-refractivity contribution in [3.8, 4) is 5.75 Å². The van der Waals surface area contributed by atoms with Crippen LogP contribution in [0.4, 0.5) is 15.8 Å². The lowest BCUT2D eigenvalue weighted by Gasteiger charge is -2.08. The third-order valence-corrected chi connectivity index (χ3v) is 2.82. The van der Waals surface area contributed by atoms with Crippen LogP contribution in [-0.4, -0.2) is 18.1 Å². The highest BCUT2D eigenvalue weighted by Crippen LogP contribution is 2.26. The number of hydrogen-bond donors (Lipinski definition) is 1. The van der Waals surface area contributed by atoms with Gasteiger partial charge in [-0.2, -0.15) is 4.39 Å². The van der Waals surface area contributed by atoms with Gasteiger partial charge in [0.15, 0.2) is 0 Å². The van der Waals surface area contributed by atoms with Crippen molar-refractivity contribution in [2.45, 2.75) is 6.42 Å². The van der Waals surface area contributed by atoms with Gasteiger partial charge in [-0.15, -0.1) is 0 Å². The molecule has 0 radical (unpaired) electrons. The summed E-state index contributed by atoms with van der Waals surface area (Å²) in [6.07, 6.45) is 0.641. The molecule has 2 aromatic carbocycles. The van der Waals surface area contributed by atoms with Crippen molar-refractivity contribution in [2.75, 3.05) is 18.5 Å². The van der Waals surface area contributed by atoms with Gasteiger partial charge < -0.3 is 10.1 Å². The molecule has 6 heteroatoms. The van der Waals surface area contributed by atoms with Gasteiger partial charge in [0.2, 0.25) is 5.82 Å². The molecule has 0 aliphatic heterocycles. The van der Waals surface area contributed by atoms with Crippen LogP contribution >= 0.6 is 0 Å². The fraction of sp³-hybridized carbons (Fsp3) is 0.200. The van der Waals surface area contributed by atoms with Crippen LogP contribution in [-0.2, 0) is 0 Å². The Morgan fingerprint density at radius 3 is 2.62 bits per heavy atom. The first kappa shape index (κ1) is 14.8. The maximum Gasteiger partial charge on any atom is 0.327 e. The average molecular weight is 290 g/mol. The Kier molecular flexibility index (Phi) is 5.09. The summed E-state index contributed by atoms with van der Waals surface area (Å²) in [5.74, 6) is -0.0697. The largest absolute Gasteiger partial charge is 0.494 e. The molecule has 0 spiro atoms. The summed E-state index contributed by atoms with van der Waals surface area (Å²) in [7, 11) is 0. The normalized spacial score (nSPS) is 10.1. The summed E-state index contributed by atoms with van der Waals surface area (Å²) in [5, 5.41) is 13.7. The first-order valence-corrected chi connectivity index (χ1v) is 6.53. The van der Waals surface area contributed by atoms with E-state index >= 15 is 0 Å². The predicted molar refractivity (Wildman–Crippen MR) is 78.1 cm³/mol. The van der Waals surface area contributed by atoms with Crippen LogP contribution in [0.3, 0.4) is 0 Å². The van der Waals surface area contributed by atoms with Crippen molar-refractivity contribution in [1.29, 1.82) is 0 Å². The van der Waals surface area contributed by atoms with Gasteiger partial charge in [0.1, 0.15) is 11.4 Å². The molecule has 0 heterocycles. The summed E-state index contributed by atoms with van der Waals surface area (Å²) >= 11 is 0. The Morgan fingerprint density at radius 2 is 1.90 bits per heavy atom. The van der Waals surface area contributed by atoms with E-state index < -0.39 is 16.4 Å². The van der Waals surface area contributed by atoms with Gasteiger partial charge >= 0.3 is 5.69 Å². The summed E-state index contributed by atoms with van der Waals surface area (Å²) < 4.78 is 18.9. The van der Waals surface area contributed by atoms with Crippen LogP contribution < -0.4 is 10.1 Å². The molecule has 2 aromatic rings. The Labute approximate surface area is 121 Å². The molecule has 1 N–H and O–H groups in total. The molecule has 0 bridgehead atoms. The van der Waals surface area contributed by atoms with E-state index in [9.17, 15) is 14.5 Å². The second-order valence-corrected chi connectivity index (χ2v) is 4.33. The lowest BCUT2D eigenvalue weighted by Crippen LogP contribution is -2.09. The maximum atomic E-state index is 13.4. The number of hydrogen-bond acceptors (Lipinski definition) is 4. The van der Waals surface area contributed by atoms with E-state index in [2.05, 4.69) is 5.32 Å². The average Bonchev–Trinajstić information content (AvgIpc) is 2.47. The Bertz CT molecular complexity index is 605. The zero-order valence-electron chi connectivity index (χ0n) is 11.3. The number of anilines is 1. The van der Waals surface area contributed by atoms with Crippen LogP contribution in [0.2, 0.25) is 0 Å². The highest BCUT2D eigenvalue weighted by Gasteiger charge is 2.19. The molecule has 0 fully saturated rings. The summed E-state index contributed by atoms with van der Waals surface area (Å²) in [5.41, 5.74) is -0.346. The van der Waals surface area contributed by atoms with Crippen LogP contribution in [0.1, 0.15) is 6.42 Å². The van der Waals surface area contributed by atoms with Crippen molar-refractivity contribution in [1.82, 2.24) is 0 Å². The quantitative estimate of drug-likeness (QED) is 0.480. The molecule has 0 saturated carbocycles. The van der Waals surface area contributed by atoms with E-state index in [1.807, 2.05) is 30.3 Å². The number of nitrogens with zero attached hydrogens (tertiary/aromatic N) is 1. The molecule has 0 aliphatic carbocycles. The molecule has 0 unspecified atom stereocenters. The standard InChI is InChI=1S/C15H15FN2O3/c16-13-8-4-9-14(15(13)18(19)20)17-10-5-11-21-12-6-2-1-3-7-12/h1-4,6-9,17H,5,10-11H2. The van der Waals surface area contributed by atoms with Gasteiger partial charge in [-0.3, -0.25) is 10.1 Å². The van der Waals surface area contributed by atoms with Gasteiger partial charge in [-0.05, 0) is 30.7 Å². The minimum atomic E-state index is -0.842. The van der Waals surface area contributed by atoms with Crippen molar-refractivity contribution in [3.05, 3.63) is 64.5 Å². The zero-order chi connectivity index (χ0) is 15.1. The number of halogens is 1. The fourth-order valence-electron chi connectivity index (χ4n) is 1.85. The van der Waals surface area contributed by atoms with E-state index in [-0.39, 0.29) is 5.69 Å². The third-order valence-electron chi connectivity index (χ3n) is 2.82. The molecular weight excluding hydrogens is 275 g/mol. The predicted octanol–water partition coefficient (Wildman–Crippen LogP) is 3.61. The van der Waals surface area contributed by atoms with E-state index in [4.69, 9.17) is 4.74 Å². The van der Waals surface area contributed by atoms with Gasteiger partial charge in [-0.25, -0.2) is 0 Å². The Balaban J connectivity index is 1.81. The lowest BCUT2D eigenvalue weighted by atomic mass is 10.2. The SMILES string of the molecule is O=[N+]([O-])c1c(F)cccc1NCCCOc1ccccc1. The minimum Gasteiger partial charge on any atom is -0.494 e. The van der Waals surface area contributed by atoms with Crippen molar-refractivity contribution < 1.29 is 14.1 Å². The molecule has 110 valence electrons. The fourth-order valence-corrected chi connectivity index (χ4v) is 1.85. The maximum absolute atomic E-state index is 13.4. The minimum absolute atomic E-state index is 0.180. The monoisotopic (exact) mass is 290 g/mol. The first-order valence-electron chi connectivity index (χ1n) is 6.53. The second kappa shape index (κ2) is 7.23. The van der Waals surface area contributed by atoms with E-state index in [0.717, 1.165) is 11.8 Å². The topological polar surface area (TPSA) is 64.4 Å². The van der Waals surface area contributed by atoms with Crippen LogP contribution in [0.5, 0.6) is 5.75 Å². The molecule has 21 heavy (non-hydrogen) atoms. The highest BCUT2D eigenvalue weighted by atomic mass is 19.1. The van der Waals surface area contributed by atoms with Gasteiger partial charge in [-0.1, -0.05) is 24.3 Å². The Hall–Kier alpha value is -2.63. The van der Waals surface area contributed by atoms with E-state index in [1.165, 1.54) is 12.1 Å². The highest BCUT2D eigenvalue weighted by molar-refractivity contribution is 5.61. The summed E-state index contributed by atoms with van der Waals surface area (Å²) in [6, 6.07) is 13.4. The van der Waals surface area contributed by atoms with Crippen LogP contribution in [0, 0.1) is 15.9 Å². The number of nitro groups is 1. The van der Waals surface area contributed by atoms with Gasteiger partial charge in [0.25, 0.3) is 0 Å². The third kappa shape index (κ3) is 4.17. The number of nitrogens with one attached hydrogen (secondary N) is 1. The van der Waals surface area contributed by atoms with Crippen molar-refractivity contribution in [2.24, 2.45) is 0 Å². The number of benzene rings is 2. The molecule has 2 rings (SSSR count). The van der Waals surface area contributed by atoms with E-state index in [0.29, 0.717) is 19.6 Å². The molecule has 0 aromatic heterocycles. The lowest BCUT2D eigenvalue weighted by molar-refractivity contribution is -0.386. The molecule has 0 aliphatic rings. The van der Waals surface area contributed by atoms with Crippen molar-refractivity contribution >= 4 is 11.4 Å². The van der Waals surface area contributed by atoms with Crippen LogP contribution in [0.25, 0.3) is 0 Å². The van der Waals surface area contributed by atoms with Gasteiger partial charge in [0, 0.05) is 6.54 Å². The molecular formula is C15H15FN2O3. The second-order valence-electron chi connectivity index (χ2n) is 4.33. The molecule has 0 amide bonds. The number of nitro benzene ring substituents is 1. The zero-order valence-corrected chi connectivity index (χ0v) is 11.3. The first-order chi connectivity index (χ1) is 10.2. The van der Waals surface area contributed by atoms with Gasteiger partial charge in [0.05, 0.1) is 11.5 Å². The van der Waals surface area contributed by atoms with E-state index in [1.54, 1.807) is 0 Å². The number of rotatable bonds is 7.